The Hall–Kier alpha value is -3.20. The normalized spacial score (nSPS) is 10.5. The Morgan fingerprint density at radius 2 is 1.81 bits per heavy atom. The van der Waals surface area contributed by atoms with E-state index in [0.717, 1.165) is 35.6 Å². The van der Waals surface area contributed by atoms with Gasteiger partial charge in [-0.1, -0.05) is 36.1 Å². The van der Waals surface area contributed by atoms with Gasteiger partial charge in [0.2, 0.25) is 0 Å². The predicted octanol–water partition coefficient (Wildman–Crippen LogP) is 4.25. The van der Waals surface area contributed by atoms with Crippen LogP contribution in [-0.4, -0.2) is 19.1 Å². The summed E-state index contributed by atoms with van der Waals surface area (Å²) in [6, 6.07) is 11.6. The van der Waals surface area contributed by atoms with Crippen molar-refractivity contribution in [3.05, 3.63) is 77.9 Å². The van der Waals surface area contributed by atoms with E-state index in [1.54, 1.807) is 6.08 Å². The number of hydrogen-bond acceptors (Lipinski definition) is 2. The van der Waals surface area contributed by atoms with E-state index in [1.165, 1.54) is 0 Å². The number of alkyl halides is 3. The van der Waals surface area contributed by atoms with E-state index < -0.39 is 17.6 Å². The first-order valence-electron chi connectivity index (χ1n) is 8.14. The average Bonchev–Trinajstić information content (AvgIpc) is 2.65. The summed E-state index contributed by atoms with van der Waals surface area (Å²) in [4.78, 5) is 11.9. The highest BCUT2D eigenvalue weighted by Crippen LogP contribution is 2.29. The van der Waals surface area contributed by atoms with Gasteiger partial charge in [-0.2, -0.15) is 13.2 Å². The van der Waals surface area contributed by atoms with Gasteiger partial charge in [-0.3, -0.25) is 4.79 Å². The minimum atomic E-state index is -4.43. The van der Waals surface area contributed by atoms with Crippen LogP contribution >= 0.6 is 0 Å². The van der Waals surface area contributed by atoms with Crippen molar-refractivity contribution in [2.45, 2.75) is 12.6 Å². The molecule has 3 nitrogen and oxygen atoms in total. The van der Waals surface area contributed by atoms with Crippen molar-refractivity contribution < 1.29 is 22.7 Å². The van der Waals surface area contributed by atoms with Gasteiger partial charge in [0, 0.05) is 5.56 Å². The number of nitrogens with one attached hydrogen (secondary N) is 1. The molecule has 0 saturated carbocycles. The minimum Gasteiger partial charge on any atom is -0.481 e. The standard InChI is InChI=1S/C21H18F3NO2/c1-2-7-16-8-3-4-9-19(16)27-15-6-5-14-25-20(26)17-10-12-18(13-11-17)21(22,23)24/h2-4,8-13H,1,7,14-15H2,(H,25,26). The maximum absolute atomic E-state index is 12.5. The highest BCUT2D eigenvalue weighted by atomic mass is 19.4. The zero-order valence-electron chi connectivity index (χ0n) is 14.5. The summed E-state index contributed by atoms with van der Waals surface area (Å²) in [5.41, 5.74) is 0.344. The fourth-order valence-corrected chi connectivity index (χ4v) is 2.23. The number of carbonyl (C=O) groups excluding carboxylic acids is 1. The van der Waals surface area contributed by atoms with E-state index in [2.05, 4.69) is 23.7 Å². The van der Waals surface area contributed by atoms with Crippen LogP contribution in [0, 0.1) is 11.8 Å². The number of ether oxygens (including phenoxy) is 1. The Labute approximate surface area is 155 Å². The van der Waals surface area contributed by atoms with Crippen molar-refractivity contribution in [1.82, 2.24) is 5.32 Å². The number of benzene rings is 2. The molecule has 0 atom stereocenters. The van der Waals surface area contributed by atoms with E-state index in [1.807, 2.05) is 24.3 Å². The molecular weight excluding hydrogens is 355 g/mol. The number of rotatable bonds is 6. The lowest BCUT2D eigenvalue weighted by Crippen LogP contribution is -2.23. The van der Waals surface area contributed by atoms with E-state index in [0.29, 0.717) is 6.42 Å². The second-order valence-electron chi connectivity index (χ2n) is 5.50. The molecular formula is C21H18F3NO2. The van der Waals surface area contributed by atoms with Gasteiger partial charge in [-0.25, -0.2) is 0 Å². The third kappa shape index (κ3) is 6.23. The van der Waals surface area contributed by atoms with Gasteiger partial charge >= 0.3 is 6.18 Å². The molecule has 1 amide bonds. The Morgan fingerprint density at radius 3 is 2.48 bits per heavy atom. The molecule has 0 fully saturated rings. The van der Waals surface area contributed by atoms with Crippen LogP contribution in [0.1, 0.15) is 21.5 Å². The molecule has 0 unspecified atom stereocenters. The van der Waals surface area contributed by atoms with Gasteiger partial charge in [0.25, 0.3) is 5.91 Å². The van der Waals surface area contributed by atoms with Crippen molar-refractivity contribution in [1.29, 1.82) is 0 Å². The maximum atomic E-state index is 12.5. The summed E-state index contributed by atoms with van der Waals surface area (Å²) < 4.78 is 43.1. The van der Waals surface area contributed by atoms with E-state index in [-0.39, 0.29) is 18.7 Å². The molecule has 0 saturated heterocycles. The molecule has 6 heteroatoms. The largest absolute Gasteiger partial charge is 0.481 e. The van der Waals surface area contributed by atoms with E-state index >= 15 is 0 Å². The Kier molecular flexibility index (Phi) is 7.07. The summed E-state index contributed by atoms with van der Waals surface area (Å²) in [7, 11) is 0. The van der Waals surface area contributed by atoms with Crippen LogP contribution in [-0.2, 0) is 12.6 Å². The van der Waals surface area contributed by atoms with Gasteiger partial charge < -0.3 is 10.1 Å². The Balaban J connectivity index is 1.80. The quantitative estimate of drug-likeness (QED) is 0.607. The number of para-hydroxylation sites is 1. The van der Waals surface area contributed by atoms with Crippen LogP contribution in [0.5, 0.6) is 5.75 Å². The molecule has 27 heavy (non-hydrogen) atoms. The van der Waals surface area contributed by atoms with Crippen LogP contribution in [0.25, 0.3) is 0 Å². The van der Waals surface area contributed by atoms with Crippen LogP contribution < -0.4 is 10.1 Å². The molecule has 1 N–H and O–H groups in total. The maximum Gasteiger partial charge on any atom is 0.416 e. The average molecular weight is 373 g/mol. The number of halogens is 3. The molecule has 2 aromatic carbocycles. The number of allylic oxidation sites excluding steroid dienone is 1. The Bertz CT molecular complexity index is 846. The number of carbonyl (C=O) groups is 1. The molecule has 0 aliphatic rings. The molecule has 140 valence electrons. The Morgan fingerprint density at radius 1 is 1.11 bits per heavy atom. The second-order valence-corrected chi connectivity index (χ2v) is 5.50. The van der Waals surface area contributed by atoms with Gasteiger partial charge in [-0.15, -0.1) is 6.58 Å². The first-order valence-corrected chi connectivity index (χ1v) is 8.14. The molecule has 0 aromatic heterocycles. The fourth-order valence-electron chi connectivity index (χ4n) is 2.23. The van der Waals surface area contributed by atoms with Crippen molar-refractivity contribution in [2.24, 2.45) is 0 Å². The third-order valence-electron chi connectivity index (χ3n) is 3.57. The predicted molar refractivity (Wildman–Crippen MR) is 97.4 cm³/mol. The van der Waals surface area contributed by atoms with Gasteiger partial charge in [-0.05, 0) is 42.3 Å². The summed E-state index contributed by atoms with van der Waals surface area (Å²) in [5.74, 6) is 5.75. The van der Waals surface area contributed by atoms with Crippen molar-refractivity contribution in [3.8, 4) is 17.6 Å². The first-order chi connectivity index (χ1) is 12.9. The lowest BCUT2D eigenvalue weighted by Gasteiger charge is -2.07. The molecule has 2 aromatic rings. The van der Waals surface area contributed by atoms with Crippen molar-refractivity contribution in [2.75, 3.05) is 13.2 Å². The highest BCUT2D eigenvalue weighted by molar-refractivity contribution is 5.94. The van der Waals surface area contributed by atoms with Gasteiger partial charge in [0.1, 0.15) is 12.4 Å². The topological polar surface area (TPSA) is 38.3 Å². The number of amides is 1. The lowest BCUT2D eigenvalue weighted by atomic mass is 10.1. The summed E-state index contributed by atoms with van der Waals surface area (Å²) in [5, 5.41) is 2.52. The molecule has 0 aliphatic carbocycles. The number of hydrogen-bond donors (Lipinski definition) is 1. The van der Waals surface area contributed by atoms with E-state index in [4.69, 9.17) is 4.74 Å². The van der Waals surface area contributed by atoms with Crippen LogP contribution in [0.4, 0.5) is 13.2 Å². The van der Waals surface area contributed by atoms with Crippen LogP contribution in [0.2, 0.25) is 0 Å². The lowest BCUT2D eigenvalue weighted by molar-refractivity contribution is -0.137. The smallest absolute Gasteiger partial charge is 0.416 e. The van der Waals surface area contributed by atoms with Crippen molar-refractivity contribution in [3.63, 3.8) is 0 Å². The summed E-state index contributed by atoms with van der Waals surface area (Å²) in [6.45, 7) is 3.92. The minimum absolute atomic E-state index is 0.0670. The third-order valence-corrected chi connectivity index (χ3v) is 3.57. The fraction of sp³-hybridized carbons (Fsp3) is 0.190. The monoisotopic (exact) mass is 373 g/mol. The van der Waals surface area contributed by atoms with E-state index in [9.17, 15) is 18.0 Å². The van der Waals surface area contributed by atoms with Crippen LogP contribution in [0.15, 0.2) is 61.2 Å². The molecule has 2 rings (SSSR count). The summed E-state index contributed by atoms with van der Waals surface area (Å²) in [6.07, 6.45) is -1.96. The SMILES string of the molecule is C=CCc1ccccc1OCC#CCNC(=O)c1ccc(C(F)(F)F)cc1. The molecule has 0 radical (unpaired) electrons. The molecule has 0 heterocycles. The van der Waals surface area contributed by atoms with Crippen LogP contribution in [0.3, 0.4) is 0 Å². The molecule has 0 spiro atoms. The summed E-state index contributed by atoms with van der Waals surface area (Å²) >= 11 is 0. The highest BCUT2D eigenvalue weighted by Gasteiger charge is 2.30. The second kappa shape index (κ2) is 9.48. The molecule has 0 bridgehead atoms. The van der Waals surface area contributed by atoms with Crippen molar-refractivity contribution >= 4 is 5.91 Å². The zero-order valence-corrected chi connectivity index (χ0v) is 14.5. The first kappa shape index (κ1) is 20.1. The zero-order chi connectivity index (χ0) is 19.7. The molecule has 0 aliphatic heterocycles. The van der Waals surface area contributed by atoms with Gasteiger partial charge in [0.05, 0.1) is 12.1 Å². The van der Waals surface area contributed by atoms with Gasteiger partial charge in [0.15, 0.2) is 0 Å².